The monoisotopic (exact) mass is 382 g/mol. The van der Waals surface area contributed by atoms with Crippen LogP contribution >= 0.6 is 0 Å². The Balaban J connectivity index is 2.11. The Hall–Kier alpha value is -2.33. The zero-order chi connectivity index (χ0) is 20.5. The number of carbonyl (C=O) groups is 1. The number of hydrogen-bond acceptors (Lipinski definition) is 3. The van der Waals surface area contributed by atoms with Crippen LogP contribution in [0.1, 0.15) is 49.3 Å². The van der Waals surface area contributed by atoms with Crippen LogP contribution in [0, 0.1) is 6.92 Å². The first kappa shape index (κ1) is 22.0. The van der Waals surface area contributed by atoms with Gasteiger partial charge in [0.1, 0.15) is 5.75 Å². The van der Waals surface area contributed by atoms with Crippen LogP contribution in [0.2, 0.25) is 0 Å². The topological polar surface area (TPSA) is 41.6 Å². The zero-order valence-corrected chi connectivity index (χ0v) is 17.9. The van der Waals surface area contributed by atoms with Crippen LogP contribution in [0.4, 0.5) is 0 Å². The molecule has 1 atom stereocenters. The van der Waals surface area contributed by atoms with Gasteiger partial charge in [0.05, 0.1) is 6.10 Å². The van der Waals surface area contributed by atoms with Crippen LogP contribution in [0.25, 0.3) is 0 Å². The summed E-state index contributed by atoms with van der Waals surface area (Å²) in [7, 11) is 4.09. The highest BCUT2D eigenvalue weighted by atomic mass is 16.5. The number of amides is 1. The molecule has 152 valence electrons. The van der Waals surface area contributed by atoms with Gasteiger partial charge < -0.3 is 15.0 Å². The van der Waals surface area contributed by atoms with Crippen LogP contribution in [-0.4, -0.2) is 44.1 Å². The van der Waals surface area contributed by atoms with Gasteiger partial charge in [-0.3, -0.25) is 4.79 Å². The maximum Gasteiger partial charge on any atom is 0.220 e. The van der Waals surface area contributed by atoms with E-state index in [4.69, 9.17) is 4.74 Å². The minimum atomic E-state index is 0.0301. The Morgan fingerprint density at radius 3 is 2.11 bits per heavy atom. The summed E-state index contributed by atoms with van der Waals surface area (Å²) in [5, 5.41) is 3.07. The summed E-state index contributed by atoms with van der Waals surface area (Å²) < 4.78 is 5.75. The number of benzene rings is 2. The van der Waals surface area contributed by atoms with Crippen LogP contribution in [0.5, 0.6) is 5.75 Å². The lowest BCUT2D eigenvalue weighted by atomic mass is 9.88. The first-order valence-electron chi connectivity index (χ1n) is 10.1. The highest BCUT2D eigenvalue weighted by molar-refractivity contribution is 5.77. The fourth-order valence-corrected chi connectivity index (χ4v) is 3.16. The maximum absolute atomic E-state index is 12.6. The molecule has 0 aliphatic heterocycles. The predicted octanol–water partition coefficient (Wildman–Crippen LogP) is 4.37. The second kappa shape index (κ2) is 10.9. The smallest absolute Gasteiger partial charge is 0.220 e. The Labute approximate surface area is 169 Å². The molecule has 0 aliphatic carbocycles. The van der Waals surface area contributed by atoms with Crippen molar-refractivity contribution in [1.29, 1.82) is 0 Å². The van der Waals surface area contributed by atoms with Crippen LogP contribution in [-0.2, 0) is 4.79 Å². The van der Waals surface area contributed by atoms with Gasteiger partial charge in [-0.2, -0.15) is 0 Å². The van der Waals surface area contributed by atoms with Crippen molar-refractivity contribution >= 4 is 5.91 Å². The molecule has 0 saturated heterocycles. The van der Waals surface area contributed by atoms with E-state index in [0.717, 1.165) is 29.8 Å². The van der Waals surface area contributed by atoms with E-state index in [-0.39, 0.29) is 17.9 Å². The fourth-order valence-electron chi connectivity index (χ4n) is 3.16. The molecular formula is C24H34N2O2. The zero-order valence-electron chi connectivity index (χ0n) is 17.9. The maximum atomic E-state index is 12.6. The molecule has 0 heterocycles. The summed E-state index contributed by atoms with van der Waals surface area (Å²) >= 11 is 0. The number of ether oxygens (including phenoxy) is 1. The second-order valence-corrected chi connectivity index (χ2v) is 7.91. The highest BCUT2D eigenvalue weighted by Gasteiger charge is 2.18. The van der Waals surface area contributed by atoms with Gasteiger partial charge in [0.25, 0.3) is 0 Å². The third kappa shape index (κ3) is 7.35. The molecule has 0 fully saturated rings. The molecule has 4 nitrogen and oxygen atoms in total. The molecule has 0 radical (unpaired) electrons. The minimum Gasteiger partial charge on any atom is -0.491 e. The van der Waals surface area contributed by atoms with E-state index in [2.05, 4.69) is 53.5 Å². The van der Waals surface area contributed by atoms with Crippen molar-refractivity contribution in [3.05, 3.63) is 65.2 Å². The van der Waals surface area contributed by atoms with Crippen molar-refractivity contribution < 1.29 is 9.53 Å². The van der Waals surface area contributed by atoms with Gasteiger partial charge in [0, 0.05) is 18.9 Å². The third-order valence-electron chi connectivity index (χ3n) is 4.63. The van der Waals surface area contributed by atoms with Crippen LogP contribution in [0.15, 0.2) is 48.5 Å². The van der Waals surface area contributed by atoms with E-state index < -0.39 is 0 Å². The van der Waals surface area contributed by atoms with Gasteiger partial charge >= 0.3 is 0 Å². The second-order valence-electron chi connectivity index (χ2n) is 7.91. The van der Waals surface area contributed by atoms with Crippen molar-refractivity contribution in [2.24, 2.45) is 0 Å². The van der Waals surface area contributed by atoms with Gasteiger partial charge in [-0.05, 0) is 71.1 Å². The highest BCUT2D eigenvalue weighted by Crippen LogP contribution is 2.30. The molecule has 2 aromatic carbocycles. The van der Waals surface area contributed by atoms with Gasteiger partial charge in [0.15, 0.2) is 0 Å². The molecule has 1 amide bonds. The largest absolute Gasteiger partial charge is 0.491 e. The fraction of sp³-hybridized carbons (Fsp3) is 0.458. The number of rotatable bonds is 10. The minimum absolute atomic E-state index is 0.0301. The van der Waals surface area contributed by atoms with Crippen LogP contribution < -0.4 is 10.1 Å². The average molecular weight is 383 g/mol. The number of aryl methyl sites for hydroxylation is 1. The van der Waals surface area contributed by atoms with E-state index >= 15 is 0 Å². The van der Waals surface area contributed by atoms with Crippen LogP contribution in [0.3, 0.4) is 0 Å². The molecule has 0 bridgehead atoms. The van der Waals surface area contributed by atoms with Gasteiger partial charge in [-0.25, -0.2) is 0 Å². The molecule has 4 heteroatoms. The van der Waals surface area contributed by atoms with Crippen molar-refractivity contribution in [3.8, 4) is 5.75 Å². The average Bonchev–Trinajstić information content (AvgIpc) is 2.64. The molecule has 1 N–H and O–H groups in total. The lowest BCUT2D eigenvalue weighted by Crippen LogP contribution is -2.28. The Morgan fingerprint density at radius 1 is 1.00 bits per heavy atom. The number of hydrogen-bond donors (Lipinski definition) is 1. The molecule has 0 unspecified atom stereocenters. The van der Waals surface area contributed by atoms with E-state index in [1.807, 2.05) is 40.1 Å². The Morgan fingerprint density at radius 2 is 1.57 bits per heavy atom. The lowest BCUT2D eigenvalue weighted by Gasteiger charge is -2.19. The van der Waals surface area contributed by atoms with Crippen molar-refractivity contribution in [1.82, 2.24) is 10.2 Å². The van der Waals surface area contributed by atoms with Gasteiger partial charge in [-0.1, -0.05) is 42.0 Å². The van der Waals surface area contributed by atoms with Gasteiger partial charge in [0.2, 0.25) is 5.91 Å². The predicted molar refractivity (Wildman–Crippen MR) is 116 cm³/mol. The summed E-state index contributed by atoms with van der Waals surface area (Å²) in [5.41, 5.74) is 3.51. The van der Waals surface area contributed by atoms with Crippen molar-refractivity contribution in [2.45, 2.75) is 45.6 Å². The Bertz CT molecular complexity index is 721. The summed E-state index contributed by atoms with van der Waals surface area (Å²) in [6, 6.07) is 16.6. The van der Waals surface area contributed by atoms with Gasteiger partial charge in [-0.15, -0.1) is 0 Å². The molecule has 2 rings (SSSR count). The van der Waals surface area contributed by atoms with Crippen molar-refractivity contribution in [3.63, 3.8) is 0 Å². The number of carbonyl (C=O) groups excluding carboxylic acids is 1. The summed E-state index contributed by atoms with van der Waals surface area (Å²) in [6.07, 6.45) is 1.54. The Kier molecular flexibility index (Phi) is 8.52. The SMILES string of the molecule is Cc1ccc([C@H](CC(=O)NCCCN(C)C)c2ccc(OC(C)C)cc2)cc1. The summed E-state index contributed by atoms with van der Waals surface area (Å²) in [4.78, 5) is 14.7. The molecule has 0 spiro atoms. The van der Waals surface area contributed by atoms with Crippen molar-refractivity contribution in [2.75, 3.05) is 27.2 Å². The molecule has 28 heavy (non-hydrogen) atoms. The molecule has 0 aliphatic rings. The van der Waals surface area contributed by atoms with E-state index in [0.29, 0.717) is 13.0 Å². The standard InChI is InChI=1S/C24H34N2O2/c1-18(2)28-22-13-11-21(12-14-22)23(20-9-7-19(3)8-10-20)17-24(27)25-15-6-16-26(4)5/h7-14,18,23H,6,15-17H2,1-5H3,(H,25,27)/t23-/m0/s1. The summed E-state index contributed by atoms with van der Waals surface area (Å²) in [6.45, 7) is 7.79. The third-order valence-corrected chi connectivity index (χ3v) is 4.63. The first-order valence-corrected chi connectivity index (χ1v) is 10.1. The molecule has 0 saturated carbocycles. The number of nitrogens with one attached hydrogen (secondary N) is 1. The first-order chi connectivity index (χ1) is 13.3. The summed E-state index contributed by atoms with van der Waals surface area (Å²) in [5.74, 6) is 0.976. The lowest BCUT2D eigenvalue weighted by molar-refractivity contribution is -0.121. The number of nitrogens with zero attached hydrogens (tertiary/aromatic N) is 1. The van der Waals surface area contributed by atoms with E-state index in [1.165, 1.54) is 5.56 Å². The molecular weight excluding hydrogens is 348 g/mol. The quantitative estimate of drug-likeness (QED) is 0.620. The molecule has 0 aromatic heterocycles. The van der Waals surface area contributed by atoms with E-state index in [1.54, 1.807) is 0 Å². The molecule has 2 aromatic rings. The van der Waals surface area contributed by atoms with E-state index in [9.17, 15) is 4.79 Å². The normalized spacial score (nSPS) is 12.2.